The van der Waals surface area contributed by atoms with Crippen LogP contribution in [-0.2, 0) is 0 Å². The van der Waals surface area contributed by atoms with E-state index in [1.165, 1.54) is 12.3 Å². The zero-order valence-electron chi connectivity index (χ0n) is 9.89. The summed E-state index contributed by atoms with van der Waals surface area (Å²) in [5.41, 5.74) is 0.185. The third-order valence-electron chi connectivity index (χ3n) is 2.50. The Hall–Kier alpha value is -1.62. The van der Waals surface area contributed by atoms with Gasteiger partial charge in [-0.3, -0.25) is 0 Å². The van der Waals surface area contributed by atoms with Crippen LogP contribution in [-0.4, -0.2) is 34.3 Å². The first kappa shape index (κ1) is 13.4. The lowest BCUT2D eigenvalue weighted by molar-refractivity contribution is 0.0696. The molecule has 1 aromatic heterocycles. The summed E-state index contributed by atoms with van der Waals surface area (Å²) >= 11 is 0. The van der Waals surface area contributed by atoms with Crippen LogP contribution in [0.25, 0.3) is 0 Å². The highest BCUT2D eigenvalue weighted by molar-refractivity contribution is 5.87. The van der Waals surface area contributed by atoms with Crippen molar-refractivity contribution in [3.63, 3.8) is 0 Å². The minimum atomic E-state index is -0.971. The van der Waals surface area contributed by atoms with E-state index in [4.69, 9.17) is 10.2 Å². The number of aliphatic hydroxyl groups excluding tert-OH is 1. The summed E-state index contributed by atoms with van der Waals surface area (Å²) in [6, 6.07) is 3.17. The fraction of sp³-hybridized carbons (Fsp3) is 0.500. The fourth-order valence-electron chi connectivity index (χ4n) is 1.38. The number of nitrogens with one attached hydrogen (secondary N) is 1. The van der Waals surface area contributed by atoms with E-state index in [-0.39, 0.29) is 12.2 Å². The molecule has 0 saturated carbocycles. The van der Waals surface area contributed by atoms with E-state index in [0.717, 1.165) is 19.4 Å². The third kappa shape index (κ3) is 4.82. The summed E-state index contributed by atoms with van der Waals surface area (Å²) < 4.78 is 0. The van der Waals surface area contributed by atoms with Crippen LogP contribution in [0.4, 0.5) is 5.82 Å². The van der Waals surface area contributed by atoms with E-state index >= 15 is 0 Å². The van der Waals surface area contributed by atoms with Crippen LogP contribution in [0, 0.1) is 5.92 Å². The van der Waals surface area contributed by atoms with Crippen molar-refractivity contribution in [2.45, 2.75) is 19.8 Å². The smallest absolute Gasteiger partial charge is 0.337 e. The molecule has 0 aliphatic heterocycles. The lowest BCUT2D eigenvalue weighted by Gasteiger charge is -2.08. The van der Waals surface area contributed by atoms with Crippen molar-refractivity contribution in [3.8, 4) is 0 Å². The number of hydrogen-bond donors (Lipinski definition) is 3. The SMILES string of the molecule is CC(CO)CCCNc1ccc(C(=O)O)cn1. The van der Waals surface area contributed by atoms with Crippen molar-refractivity contribution in [1.29, 1.82) is 0 Å². The van der Waals surface area contributed by atoms with Crippen LogP contribution < -0.4 is 5.32 Å². The van der Waals surface area contributed by atoms with Gasteiger partial charge < -0.3 is 15.5 Å². The molecule has 1 unspecified atom stereocenters. The van der Waals surface area contributed by atoms with Crippen molar-refractivity contribution in [2.24, 2.45) is 5.92 Å². The highest BCUT2D eigenvalue weighted by Crippen LogP contribution is 2.07. The number of anilines is 1. The number of nitrogens with zero attached hydrogens (tertiary/aromatic N) is 1. The number of aliphatic hydroxyl groups is 1. The number of hydrogen-bond acceptors (Lipinski definition) is 4. The molecule has 0 saturated heterocycles. The number of carboxylic acid groups (broad SMARTS) is 1. The summed E-state index contributed by atoms with van der Waals surface area (Å²) in [6.07, 6.45) is 3.24. The van der Waals surface area contributed by atoms with Crippen LogP contribution in [0.1, 0.15) is 30.1 Å². The molecule has 3 N–H and O–H groups in total. The Morgan fingerprint density at radius 3 is 2.82 bits per heavy atom. The van der Waals surface area contributed by atoms with E-state index in [2.05, 4.69) is 10.3 Å². The second kappa shape index (κ2) is 6.85. The van der Waals surface area contributed by atoms with Crippen molar-refractivity contribution >= 4 is 11.8 Å². The zero-order valence-corrected chi connectivity index (χ0v) is 9.89. The maximum atomic E-state index is 10.6. The lowest BCUT2D eigenvalue weighted by Crippen LogP contribution is -2.07. The Balaban J connectivity index is 2.30. The standard InChI is InChI=1S/C12H18N2O3/c1-9(8-15)3-2-6-13-11-5-4-10(7-14-11)12(16)17/h4-5,7,9,15H,2-3,6,8H2,1H3,(H,13,14)(H,16,17). The molecule has 0 aliphatic rings. The largest absolute Gasteiger partial charge is 0.478 e. The van der Waals surface area contributed by atoms with E-state index in [1.807, 2.05) is 6.92 Å². The number of aromatic nitrogens is 1. The Morgan fingerprint density at radius 1 is 1.53 bits per heavy atom. The van der Waals surface area contributed by atoms with Crippen LogP contribution in [0.15, 0.2) is 18.3 Å². The van der Waals surface area contributed by atoms with E-state index in [0.29, 0.717) is 11.7 Å². The predicted octanol–water partition coefficient (Wildman–Crippen LogP) is 1.60. The molecule has 1 atom stereocenters. The molecule has 5 nitrogen and oxygen atoms in total. The molecule has 1 aromatic rings. The van der Waals surface area contributed by atoms with Gasteiger partial charge in [0.1, 0.15) is 5.82 Å². The minimum absolute atomic E-state index is 0.185. The minimum Gasteiger partial charge on any atom is -0.478 e. The lowest BCUT2D eigenvalue weighted by atomic mass is 10.1. The predicted molar refractivity (Wildman–Crippen MR) is 65.2 cm³/mol. The van der Waals surface area contributed by atoms with E-state index in [1.54, 1.807) is 6.07 Å². The Bertz CT molecular complexity index is 351. The molecule has 0 spiro atoms. The van der Waals surface area contributed by atoms with Gasteiger partial charge in [0, 0.05) is 19.3 Å². The molecule has 17 heavy (non-hydrogen) atoms. The number of carbonyl (C=O) groups is 1. The fourth-order valence-corrected chi connectivity index (χ4v) is 1.38. The first-order valence-electron chi connectivity index (χ1n) is 5.67. The molecular weight excluding hydrogens is 220 g/mol. The average molecular weight is 238 g/mol. The first-order valence-corrected chi connectivity index (χ1v) is 5.67. The van der Waals surface area contributed by atoms with Gasteiger partial charge in [0.05, 0.1) is 5.56 Å². The van der Waals surface area contributed by atoms with Gasteiger partial charge in [-0.05, 0) is 30.9 Å². The van der Waals surface area contributed by atoms with Gasteiger partial charge >= 0.3 is 5.97 Å². The van der Waals surface area contributed by atoms with Gasteiger partial charge in [-0.15, -0.1) is 0 Å². The molecule has 0 aliphatic carbocycles. The number of carboxylic acids is 1. The van der Waals surface area contributed by atoms with Crippen molar-refractivity contribution in [2.75, 3.05) is 18.5 Å². The maximum Gasteiger partial charge on any atom is 0.337 e. The molecule has 0 fully saturated rings. The normalized spacial score (nSPS) is 12.1. The summed E-state index contributed by atoms with van der Waals surface area (Å²) in [6.45, 7) is 2.98. The van der Waals surface area contributed by atoms with Crippen molar-refractivity contribution in [1.82, 2.24) is 4.98 Å². The van der Waals surface area contributed by atoms with Crippen LogP contribution in [0.3, 0.4) is 0 Å². The molecular formula is C12H18N2O3. The summed E-state index contributed by atoms with van der Waals surface area (Å²) in [4.78, 5) is 14.6. The monoisotopic (exact) mass is 238 g/mol. The number of rotatable bonds is 7. The zero-order chi connectivity index (χ0) is 12.7. The summed E-state index contributed by atoms with van der Waals surface area (Å²) in [7, 11) is 0. The van der Waals surface area contributed by atoms with Crippen molar-refractivity contribution < 1.29 is 15.0 Å². The molecule has 1 heterocycles. The topological polar surface area (TPSA) is 82.5 Å². The molecule has 94 valence electrons. The Morgan fingerprint density at radius 2 is 2.29 bits per heavy atom. The molecule has 1 rings (SSSR count). The van der Waals surface area contributed by atoms with Crippen LogP contribution >= 0.6 is 0 Å². The second-order valence-electron chi connectivity index (χ2n) is 4.09. The maximum absolute atomic E-state index is 10.6. The highest BCUT2D eigenvalue weighted by atomic mass is 16.4. The molecule has 5 heteroatoms. The summed E-state index contributed by atoms with van der Waals surface area (Å²) in [5.74, 6) is 0.0200. The van der Waals surface area contributed by atoms with Gasteiger partial charge in [-0.2, -0.15) is 0 Å². The van der Waals surface area contributed by atoms with Gasteiger partial charge in [0.25, 0.3) is 0 Å². The first-order chi connectivity index (χ1) is 8.13. The van der Waals surface area contributed by atoms with E-state index in [9.17, 15) is 4.79 Å². The van der Waals surface area contributed by atoms with Crippen molar-refractivity contribution in [3.05, 3.63) is 23.9 Å². The van der Waals surface area contributed by atoms with Gasteiger partial charge in [0.15, 0.2) is 0 Å². The molecule has 0 aromatic carbocycles. The number of pyridine rings is 1. The van der Waals surface area contributed by atoms with Gasteiger partial charge in [0.2, 0.25) is 0 Å². The average Bonchev–Trinajstić information content (AvgIpc) is 2.34. The van der Waals surface area contributed by atoms with Crippen LogP contribution in [0.5, 0.6) is 0 Å². The second-order valence-corrected chi connectivity index (χ2v) is 4.09. The third-order valence-corrected chi connectivity index (χ3v) is 2.50. The van der Waals surface area contributed by atoms with Gasteiger partial charge in [-0.1, -0.05) is 6.92 Å². The molecule has 0 bridgehead atoms. The Kier molecular flexibility index (Phi) is 5.42. The van der Waals surface area contributed by atoms with Gasteiger partial charge in [-0.25, -0.2) is 9.78 Å². The summed E-state index contributed by atoms with van der Waals surface area (Å²) in [5, 5.41) is 20.6. The molecule has 0 radical (unpaired) electrons. The Labute approximate surface area is 101 Å². The number of aromatic carboxylic acids is 1. The van der Waals surface area contributed by atoms with E-state index < -0.39 is 5.97 Å². The molecule has 0 amide bonds. The quantitative estimate of drug-likeness (QED) is 0.628. The highest BCUT2D eigenvalue weighted by Gasteiger charge is 2.03. The van der Waals surface area contributed by atoms with Crippen LogP contribution in [0.2, 0.25) is 0 Å².